The number of hydrogen-bond acceptors (Lipinski definition) is 3. The number of benzene rings is 1. The van der Waals surface area contributed by atoms with Crippen LogP contribution in [0.5, 0.6) is 5.75 Å². The van der Waals surface area contributed by atoms with Crippen LogP contribution in [0.15, 0.2) is 29.2 Å². The molecular weight excluding hydrogens is 210 g/mol. The minimum Gasteiger partial charge on any atom is -0.508 e. The van der Waals surface area contributed by atoms with Crippen molar-refractivity contribution in [3.8, 4) is 5.75 Å². The van der Waals surface area contributed by atoms with Crippen LogP contribution in [0.2, 0.25) is 0 Å². The van der Waals surface area contributed by atoms with Gasteiger partial charge in [-0.25, -0.2) is 0 Å². The Kier molecular flexibility index (Phi) is 3.38. The summed E-state index contributed by atoms with van der Waals surface area (Å²) in [5, 5.41) is 12.6. The average molecular weight is 225 g/mol. The first-order chi connectivity index (χ1) is 7.25. The molecule has 1 saturated heterocycles. The molecule has 0 spiro atoms. The summed E-state index contributed by atoms with van der Waals surface area (Å²) >= 11 is 0. The minimum absolute atomic E-state index is 0.181. The lowest BCUT2D eigenvalue weighted by atomic mass is 10.3. The van der Waals surface area contributed by atoms with Gasteiger partial charge in [0.05, 0.1) is 10.8 Å². The fourth-order valence-electron chi connectivity index (χ4n) is 1.80. The van der Waals surface area contributed by atoms with Crippen LogP contribution in [0.1, 0.15) is 12.8 Å². The first-order valence-electron chi connectivity index (χ1n) is 5.16. The molecule has 4 heteroatoms. The summed E-state index contributed by atoms with van der Waals surface area (Å²) in [6.07, 6.45) is 2.27. The van der Waals surface area contributed by atoms with E-state index in [1.807, 2.05) is 0 Å². The summed E-state index contributed by atoms with van der Waals surface area (Å²) in [5.41, 5.74) is 0. The van der Waals surface area contributed by atoms with Crippen LogP contribution >= 0.6 is 0 Å². The molecule has 1 aliphatic heterocycles. The van der Waals surface area contributed by atoms with Crippen molar-refractivity contribution in [3.63, 3.8) is 0 Å². The number of rotatable bonds is 3. The van der Waals surface area contributed by atoms with Gasteiger partial charge in [-0.15, -0.1) is 0 Å². The number of hydrogen-bond donors (Lipinski definition) is 2. The predicted octanol–water partition coefficient (Wildman–Crippen LogP) is 1.25. The molecule has 15 heavy (non-hydrogen) atoms. The van der Waals surface area contributed by atoms with Gasteiger partial charge >= 0.3 is 0 Å². The fraction of sp³-hybridized carbons (Fsp3) is 0.455. The Labute approximate surface area is 92.0 Å². The number of phenols is 1. The Hall–Kier alpha value is -0.870. The molecule has 1 heterocycles. The van der Waals surface area contributed by atoms with Gasteiger partial charge in [0.2, 0.25) is 0 Å². The SMILES string of the molecule is O=S(CC1CCCN1)c1cccc(O)c1. The number of aromatic hydroxyl groups is 1. The van der Waals surface area contributed by atoms with Crippen molar-refractivity contribution in [2.75, 3.05) is 12.3 Å². The fourth-order valence-corrected chi connectivity index (χ4v) is 3.13. The molecule has 0 amide bonds. The molecule has 2 N–H and O–H groups in total. The Bertz CT molecular complexity index is 361. The lowest BCUT2D eigenvalue weighted by molar-refractivity contribution is 0.473. The third-order valence-electron chi connectivity index (χ3n) is 2.60. The van der Waals surface area contributed by atoms with Crippen molar-refractivity contribution >= 4 is 10.8 Å². The Balaban J connectivity index is 2.01. The maximum atomic E-state index is 11.9. The lowest BCUT2D eigenvalue weighted by Crippen LogP contribution is -2.27. The van der Waals surface area contributed by atoms with Gasteiger partial charge in [0.1, 0.15) is 5.75 Å². The van der Waals surface area contributed by atoms with Crippen molar-refractivity contribution in [2.45, 2.75) is 23.8 Å². The van der Waals surface area contributed by atoms with Gasteiger partial charge < -0.3 is 10.4 Å². The monoisotopic (exact) mass is 225 g/mol. The van der Waals surface area contributed by atoms with E-state index in [0.717, 1.165) is 13.0 Å². The van der Waals surface area contributed by atoms with Gasteiger partial charge in [-0.05, 0) is 37.6 Å². The highest BCUT2D eigenvalue weighted by Gasteiger charge is 2.17. The van der Waals surface area contributed by atoms with Crippen LogP contribution in [0, 0.1) is 0 Å². The van der Waals surface area contributed by atoms with E-state index in [1.54, 1.807) is 24.3 Å². The molecule has 2 unspecified atom stereocenters. The molecule has 0 bridgehead atoms. The summed E-state index contributed by atoms with van der Waals surface area (Å²) in [6, 6.07) is 7.06. The molecule has 0 saturated carbocycles. The number of nitrogens with one attached hydrogen (secondary N) is 1. The van der Waals surface area contributed by atoms with Gasteiger partial charge in [-0.1, -0.05) is 6.07 Å². The quantitative estimate of drug-likeness (QED) is 0.814. The third-order valence-corrected chi connectivity index (χ3v) is 4.08. The van der Waals surface area contributed by atoms with E-state index >= 15 is 0 Å². The first kappa shape index (κ1) is 10.6. The molecule has 2 rings (SSSR count). The minimum atomic E-state index is -1.01. The largest absolute Gasteiger partial charge is 0.508 e. The standard InChI is InChI=1S/C11H15NO2S/c13-10-4-1-5-11(7-10)15(14)8-9-3-2-6-12-9/h1,4-5,7,9,12-13H,2-3,6,8H2. The summed E-state index contributed by atoms with van der Waals surface area (Å²) in [4.78, 5) is 0.712. The Morgan fingerprint density at radius 2 is 2.40 bits per heavy atom. The molecular formula is C11H15NO2S. The summed E-state index contributed by atoms with van der Waals surface area (Å²) < 4.78 is 11.9. The zero-order valence-corrected chi connectivity index (χ0v) is 9.30. The number of phenolic OH excluding ortho intramolecular Hbond substituents is 1. The molecule has 0 radical (unpaired) electrons. The van der Waals surface area contributed by atoms with E-state index in [2.05, 4.69) is 5.32 Å². The van der Waals surface area contributed by atoms with Crippen molar-refractivity contribution < 1.29 is 9.32 Å². The molecule has 0 aliphatic carbocycles. The lowest BCUT2D eigenvalue weighted by Gasteiger charge is -2.09. The molecule has 2 atom stereocenters. The second-order valence-corrected chi connectivity index (χ2v) is 5.30. The van der Waals surface area contributed by atoms with Crippen LogP contribution in [-0.4, -0.2) is 27.7 Å². The van der Waals surface area contributed by atoms with E-state index < -0.39 is 10.8 Å². The molecule has 0 aromatic heterocycles. The average Bonchev–Trinajstić information content (AvgIpc) is 2.70. The predicted molar refractivity (Wildman–Crippen MR) is 60.4 cm³/mol. The van der Waals surface area contributed by atoms with Crippen LogP contribution in [-0.2, 0) is 10.8 Å². The van der Waals surface area contributed by atoms with Crippen LogP contribution in [0.25, 0.3) is 0 Å². The molecule has 82 valence electrons. The van der Waals surface area contributed by atoms with Crippen LogP contribution in [0.4, 0.5) is 0 Å². The van der Waals surface area contributed by atoms with Gasteiger partial charge in [-0.3, -0.25) is 4.21 Å². The normalized spacial score (nSPS) is 22.8. The van der Waals surface area contributed by atoms with E-state index in [-0.39, 0.29) is 5.75 Å². The second kappa shape index (κ2) is 4.77. The van der Waals surface area contributed by atoms with Crippen LogP contribution < -0.4 is 5.32 Å². The van der Waals surface area contributed by atoms with Gasteiger partial charge in [0.15, 0.2) is 0 Å². The molecule has 1 aromatic rings. The van der Waals surface area contributed by atoms with E-state index in [0.29, 0.717) is 16.7 Å². The van der Waals surface area contributed by atoms with E-state index in [9.17, 15) is 9.32 Å². The van der Waals surface area contributed by atoms with Gasteiger partial charge in [0.25, 0.3) is 0 Å². The molecule has 3 nitrogen and oxygen atoms in total. The molecule has 1 aromatic carbocycles. The summed E-state index contributed by atoms with van der Waals surface area (Å²) in [7, 11) is -1.01. The topological polar surface area (TPSA) is 49.3 Å². The maximum Gasteiger partial charge on any atom is 0.116 e. The van der Waals surface area contributed by atoms with E-state index in [1.165, 1.54) is 6.42 Å². The van der Waals surface area contributed by atoms with Crippen LogP contribution in [0.3, 0.4) is 0 Å². The summed E-state index contributed by atoms with van der Waals surface area (Å²) in [6.45, 7) is 1.03. The van der Waals surface area contributed by atoms with Gasteiger partial charge in [0, 0.05) is 16.7 Å². The molecule has 1 aliphatic rings. The van der Waals surface area contributed by atoms with Crippen molar-refractivity contribution in [1.82, 2.24) is 5.32 Å². The van der Waals surface area contributed by atoms with Crippen molar-refractivity contribution in [1.29, 1.82) is 0 Å². The zero-order chi connectivity index (χ0) is 10.7. The third kappa shape index (κ3) is 2.79. The Morgan fingerprint density at radius 1 is 1.53 bits per heavy atom. The second-order valence-electron chi connectivity index (χ2n) is 3.80. The first-order valence-corrected chi connectivity index (χ1v) is 6.48. The van der Waals surface area contributed by atoms with Crippen molar-refractivity contribution in [2.24, 2.45) is 0 Å². The maximum absolute atomic E-state index is 11.9. The smallest absolute Gasteiger partial charge is 0.116 e. The highest BCUT2D eigenvalue weighted by Crippen LogP contribution is 2.16. The van der Waals surface area contributed by atoms with Crippen molar-refractivity contribution in [3.05, 3.63) is 24.3 Å². The molecule has 1 fully saturated rings. The van der Waals surface area contributed by atoms with E-state index in [4.69, 9.17) is 0 Å². The van der Waals surface area contributed by atoms with Gasteiger partial charge in [-0.2, -0.15) is 0 Å². The summed E-state index contributed by atoms with van der Waals surface area (Å²) in [5.74, 6) is 0.823. The highest BCUT2D eigenvalue weighted by molar-refractivity contribution is 7.85. The Morgan fingerprint density at radius 3 is 3.07 bits per heavy atom. The highest BCUT2D eigenvalue weighted by atomic mass is 32.2. The zero-order valence-electron chi connectivity index (χ0n) is 8.48.